The van der Waals surface area contributed by atoms with E-state index in [1.807, 2.05) is 30.3 Å². The molecule has 9 heteroatoms. The van der Waals surface area contributed by atoms with E-state index in [1.165, 1.54) is 0 Å². The van der Waals surface area contributed by atoms with E-state index in [0.717, 1.165) is 0 Å². The van der Waals surface area contributed by atoms with Crippen LogP contribution in [-0.4, -0.2) is 58.7 Å². The van der Waals surface area contributed by atoms with Gasteiger partial charge < -0.3 is 14.5 Å². The summed E-state index contributed by atoms with van der Waals surface area (Å²) in [4.78, 5) is 34.6. The summed E-state index contributed by atoms with van der Waals surface area (Å²) < 4.78 is 5.11. The van der Waals surface area contributed by atoms with Gasteiger partial charge in [-0.05, 0) is 25.1 Å². The molecular formula is C21H21N7O2. The molecule has 1 aromatic carbocycles. The Morgan fingerprint density at radius 3 is 2.33 bits per heavy atom. The smallest absolute Gasteiger partial charge is 0.329 e. The number of fused-ring (bicyclic) bond motifs is 1. The van der Waals surface area contributed by atoms with Gasteiger partial charge in [0.25, 0.3) is 0 Å². The van der Waals surface area contributed by atoms with Crippen LogP contribution in [0.5, 0.6) is 0 Å². The zero-order valence-electron chi connectivity index (χ0n) is 16.6. The van der Waals surface area contributed by atoms with Gasteiger partial charge in [0.05, 0.1) is 23.7 Å². The molecule has 1 atom stereocenters. The third-order valence-corrected chi connectivity index (χ3v) is 4.92. The predicted molar refractivity (Wildman–Crippen MR) is 111 cm³/mol. The maximum absolute atomic E-state index is 12.4. The summed E-state index contributed by atoms with van der Waals surface area (Å²) in [6.45, 7) is 4.56. The maximum atomic E-state index is 12.4. The van der Waals surface area contributed by atoms with Crippen molar-refractivity contribution in [3.05, 3.63) is 48.4 Å². The van der Waals surface area contributed by atoms with Crippen molar-refractivity contribution in [2.45, 2.75) is 12.8 Å². The van der Waals surface area contributed by atoms with Gasteiger partial charge in [-0.1, -0.05) is 12.1 Å². The number of benzene rings is 1. The van der Waals surface area contributed by atoms with Gasteiger partial charge in [-0.25, -0.2) is 19.9 Å². The second kappa shape index (κ2) is 8.69. The molecule has 152 valence electrons. The standard InChI is InChI=1S/C21H21N7O2/c1-2-30-20(29)15(14-22)18-19(26-17-7-4-3-6-16(17)25-18)27-10-12-28(13-11-27)21-23-8-5-9-24-21/h3-9,15H,2,10-13H2,1H3. The number of rotatable bonds is 5. The fourth-order valence-corrected chi connectivity index (χ4v) is 3.45. The number of carbonyl (C=O) groups excluding carboxylic acids is 1. The number of para-hydroxylation sites is 2. The number of nitriles is 1. The number of carbonyl (C=O) groups is 1. The Kier molecular flexibility index (Phi) is 5.66. The molecule has 30 heavy (non-hydrogen) atoms. The highest BCUT2D eigenvalue weighted by molar-refractivity contribution is 5.85. The second-order valence-electron chi connectivity index (χ2n) is 6.76. The molecule has 1 aliphatic heterocycles. The Morgan fingerprint density at radius 1 is 1.07 bits per heavy atom. The van der Waals surface area contributed by atoms with Crippen molar-refractivity contribution in [1.29, 1.82) is 5.26 Å². The minimum Gasteiger partial charge on any atom is -0.465 e. The van der Waals surface area contributed by atoms with Crippen LogP contribution in [0.2, 0.25) is 0 Å². The fraction of sp³-hybridized carbons (Fsp3) is 0.333. The van der Waals surface area contributed by atoms with Gasteiger partial charge in [0.1, 0.15) is 5.69 Å². The molecule has 0 amide bonds. The summed E-state index contributed by atoms with van der Waals surface area (Å²) in [6, 6.07) is 11.3. The number of anilines is 2. The summed E-state index contributed by atoms with van der Waals surface area (Å²) in [6.07, 6.45) is 3.44. The Morgan fingerprint density at radius 2 is 1.70 bits per heavy atom. The van der Waals surface area contributed by atoms with Crippen LogP contribution in [0.25, 0.3) is 11.0 Å². The first-order valence-corrected chi connectivity index (χ1v) is 9.81. The van der Waals surface area contributed by atoms with E-state index in [1.54, 1.807) is 25.4 Å². The lowest BCUT2D eigenvalue weighted by Crippen LogP contribution is -2.48. The lowest BCUT2D eigenvalue weighted by molar-refractivity contribution is -0.143. The van der Waals surface area contributed by atoms with Gasteiger partial charge in [0, 0.05) is 38.6 Å². The second-order valence-corrected chi connectivity index (χ2v) is 6.76. The van der Waals surface area contributed by atoms with Crippen molar-refractivity contribution in [2.24, 2.45) is 0 Å². The average molecular weight is 403 g/mol. The molecule has 2 aromatic heterocycles. The van der Waals surface area contributed by atoms with Crippen LogP contribution in [0.4, 0.5) is 11.8 Å². The Bertz CT molecular complexity index is 1080. The first kappa shape index (κ1) is 19.5. The largest absolute Gasteiger partial charge is 0.465 e. The topological polar surface area (TPSA) is 108 Å². The molecule has 0 spiro atoms. The number of nitrogens with zero attached hydrogens (tertiary/aromatic N) is 7. The summed E-state index contributed by atoms with van der Waals surface area (Å²) in [5, 5.41) is 9.70. The van der Waals surface area contributed by atoms with Crippen LogP contribution < -0.4 is 9.80 Å². The average Bonchev–Trinajstić information content (AvgIpc) is 2.80. The van der Waals surface area contributed by atoms with Gasteiger partial charge in [-0.15, -0.1) is 0 Å². The number of hydrogen-bond donors (Lipinski definition) is 0. The first-order valence-electron chi connectivity index (χ1n) is 9.81. The number of esters is 1. The SMILES string of the molecule is CCOC(=O)C(C#N)c1nc2ccccc2nc1N1CCN(c2ncccn2)CC1. The first-order chi connectivity index (χ1) is 14.7. The normalized spacial score (nSPS) is 14.9. The molecular weight excluding hydrogens is 382 g/mol. The summed E-state index contributed by atoms with van der Waals surface area (Å²) in [7, 11) is 0. The number of hydrogen-bond acceptors (Lipinski definition) is 9. The summed E-state index contributed by atoms with van der Waals surface area (Å²) >= 11 is 0. The highest BCUT2D eigenvalue weighted by Crippen LogP contribution is 2.29. The Balaban J connectivity index is 1.67. The molecule has 1 fully saturated rings. The predicted octanol–water partition coefficient (Wildman–Crippen LogP) is 1.92. The highest BCUT2D eigenvalue weighted by atomic mass is 16.5. The van der Waals surface area contributed by atoms with E-state index >= 15 is 0 Å². The summed E-state index contributed by atoms with van der Waals surface area (Å²) in [5.41, 5.74) is 1.68. The maximum Gasteiger partial charge on any atom is 0.329 e. The van der Waals surface area contributed by atoms with E-state index in [9.17, 15) is 10.1 Å². The van der Waals surface area contributed by atoms with Crippen LogP contribution in [-0.2, 0) is 9.53 Å². The molecule has 0 aliphatic carbocycles. The van der Waals surface area contributed by atoms with Crippen LogP contribution in [0.1, 0.15) is 18.5 Å². The van der Waals surface area contributed by atoms with Crippen molar-refractivity contribution in [3.8, 4) is 6.07 Å². The molecule has 0 saturated carbocycles. The molecule has 1 aliphatic rings. The number of aromatic nitrogens is 4. The summed E-state index contributed by atoms with van der Waals surface area (Å²) in [5.74, 6) is -0.514. The molecule has 0 radical (unpaired) electrons. The zero-order valence-corrected chi connectivity index (χ0v) is 16.6. The minimum absolute atomic E-state index is 0.198. The minimum atomic E-state index is -1.13. The Hall–Kier alpha value is -3.80. The molecule has 9 nitrogen and oxygen atoms in total. The lowest BCUT2D eigenvalue weighted by atomic mass is 10.1. The molecule has 3 heterocycles. The van der Waals surface area contributed by atoms with Gasteiger partial charge in [0.2, 0.25) is 5.95 Å². The monoisotopic (exact) mass is 403 g/mol. The lowest BCUT2D eigenvalue weighted by Gasteiger charge is -2.36. The van der Waals surface area contributed by atoms with E-state index < -0.39 is 11.9 Å². The molecule has 0 bridgehead atoms. The van der Waals surface area contributed by atoms with E-state index in [4.69, 9.17) is 9.72 Å². The number of ether oxygens (including phenoxy) is 1. The van der Waals surface area contributed by atoms with Gasteiger partial charge >= 0.3 is 5.97 Å². The van der Waals surface area contributed by atoms with Gasteiger partial charge in [-0.3, -0.25) is 4.79 Å². The fourth-order valence-electron chi connectivity index (χ4n) is 3.45. The van der Waals surface area contributed by atoms with Crippen LogP contribution in [0.3, 0.4) is 0 Å². The third-order valence-electron chi connectivity index (χ3n) is 4.92. The van der Waals surface area contributed by atoms with E-state index in [2.05, 4.69) is 24.8 Å². The Labute approximate surface area is 174 Å². The van der Waals surface area contributed by atoms with Crippen molar-refractivity contribution < 1.29 is 9.53 Å². The van der Waals surface area contributed by atoms with E-state index in [0.29, 0.717) is 54.7 Å². The van der Waals surface area contributed by atoms with Gasteiger partial charge in [-0.2, -0.15) is 5.26 Å². The van der Waals surface area contributed by atoms with Crippen LogP contribution in [0, 0.1) is 11.3 Å². The van der Waals surface area contributed by atoms with Gasteiger partial charge in [0.15, 0.2) is 11.7 Å². The molecule has 3 aromatic rings. The number of piperazine rings is 1. The van der Waals surface area contributed by atoms with Crippen molar-refractivity contribution in [2.75, 3.05) is 42.6 Å². The molecule has 1 unspecified atom stereocenters. The molecule has 1 saturated heterocycles. The van der Waals surface area contributed by atoms with E-state index in [-0.39, 0.29) is 6.61 Å². The molecule has 4 rings (SSSR count). The van der Waals surface area contributed by atoms with Crippen LogP contribution >= 0.6 is 0 Å². The third kappa shape index (κ3) is 3.85. The quantitative estimate of drug-likeness (QED) is 0.590. The van der Waals surface area contributed by atoms with Crippen molar-refractivity contribution in [1.82, 2.24) is 19.9 Å². The van der Waals surface area contributed by atoms with Crippen molar-refractivity contribution in [3.63, 3.8) is 0 Å². The highest BCUT2D eigenvalue weighted by Gasteiger charge is 2.31. The van der Waals surface area contributed by atoms with Crippen LogP contribution in [0.15, 0.2) is 42.7 Å². The molecule has 0 N–H and O–H groups in total. The van der Waals surface area contributed by atoms with Crippen molar-refractivity contribution >= 4 is 28.8 Å². The zero-order chi connectivity index (χ0) is 20.9.